The Morgan fingerprint density at radius 3 is 2.44 bits per heavy atom. The standard InChI is InChI=1S/C19H20N2O2S.BrH/c1-2-23-17-10-8-16(9-11-17)20-19-21(12-13-22)18(14-24-19)15-6-4-3-5-7-15;/h3-11,14,22H,2,12-13H2,1H3;1H. The first-order valence-electron chi connectivity index (χ1n) is 7.94. The van der Waals surface area contributed by atoms with Gasteiger partial charge in [0.05, 0.1) is 24.6 Å². The van der Waals surface area contributed by atoms with E-state index in [0.29, 0.717) is 13.2 Å². The lowest BCUT2D eigenvalue weighted by Crippen LogP contribution is -2.17. The molecule has 0 saturated carbocycles. The van der Waals surface area contributed by atoms with Crippen molar-refractivity contribution in [2.45, 2.75) is 13.5 Å². The molecular formula is C19H21BrN2O2S. The summed E-state index contributed by atoms with van der Waals surface area (Å²) in [5, 5.41) is 11.5. The van der Waals surface area contributed by atoms with Crippen LogP contribution in [0.5, 0.6) is 5.75 Å². The van der Waals surface area contributed by atoms with Crippen LogP contribution in [0.15, 0.2) is 65.0 Å². The van der Waals surface area contributed by atoms with Crippen LogP contribution >= 0.6 is 28.3 Å². The van der Waals surface area contributed by atoms with Gasteiger partial charge in [0.2, 0.25) is 0 Å². The van der Waals surface area contributed by atoms with E-state index in [4.69, 9.17) is 9.73 Å². The smallest absolute Gasteiger partial charge is 0.190 e. The maximum atomic E-state index is 9.42. The molecule has 0 saturated heterocycles. The molecule has 25 heavy (non-hydrogen) atoms. The molecule has 0 aliphatic rings. The number of ether oxygens (including phenoxy) is 1. The van der Waals surface area contributed by atoms with Crippen molar-refractivity contribution < 1.29 is 9.84 Å². The van der Waals surface area contributed by atoms with Crippen LogP contribution in [0, 0.1) is 0 Å². The van der Waals surface area contributed by atoms with Crippen LogP contribution < -0.4 is 9.54 Å². The van der Waals surface area contributed by atoms with Gasteiger partial charge in [0.25, 0.3) is 0 Å². The molecule has 6 heteroatoms. The van der Waals surface area contributed by atoms with Crippen LogP contribution in [0.1, 0.15) is 6.92 Å². The van der Waals surface area contributed by atoms with Crippen LogP contribution in [0.2, 0.25) is 0 Å². The van der Waals surface area contributed by atoms with Gasteiger partial charge in [0, 0.05) is 11.9 Å². The predicted molar refractivity (Wildman–Crippen MR) is 108 cm³/mol. The molecule has 0 unspecified atom stereocenters. The monoisotopic (exact) mass is 420 g/mol. The first-order chi connectivity index (χ1) is 11.8. The highest BCUT2D eigenvalue weighted by atomic mass is 79.9. The van der Waals surface area contributed by atoms with Crippen LogP contribution in [0.4, 0.5) is 5.69 Å². The van der Waals surface area contributed by atoms with Gasteiger partial charge in [-0.25, -0.2) is 4.99 Å². The molecule has 0 aliphatic carbocycles. The van der Waals surface area contributed by atoms with Crippen molar-refractivity contribution >= 4 is 34.0 Å². The molecule has 3 aromatic rings. The minimum absolute atomic E-state index is 0. The van der Waals surface area contributed by atoms with E-state index >= 15 is 0 Å². The van der Waals surface area contributed by atoms with E-state index in [9.17, 15) is 5.11 Å². The minimum Gasteiger partial charge on any atom is -0.494 e. The second-order valence-electron chi connectivity index (χ2n) is 5.18. The Morgan fingerprint density at radius 1 is 1.08 bits per heavy atom. The molecule has 0 radical (unpaired) electrons. The predicted octanol–water partition coefficient (Wildman–Crippen LogP) is 4.42. The molecule has 0 amide bonds. The summed E-state index contributed by atoms with van der Waals surface area (Å²) in [6, 6.07) is 17.9. The van der Waals surface area contributed by atoms with Crippen molar-refractivity contribution in [1.29, 1.82) is 0 Å². The number of hydrogen-bond acceptors (Lipinski definition) is 4. The first kappa shape index (κ1) is 19.4. The fourth-order valence-corrected chi connectivity index (χ4v) is 3.42. The number of aliphatic hydroxyl groups excluding tert-OH is 1. The summed E-state index contributed by atoms with van der Waals surface area (Å²) in [5.41, 5.74) is 3.06. The van der Waals surface area contributed by atoms with Gasteiger partial charge >= 0.3 is 0 Å². The highest BCUT2D eigenvalue weighted by molar-refractivity contribution is 8.93. The average molecular weight is 421 g/mol. The fourth-order valence-electron chi connectivity index (χ4n) is 2.47. The summed E-state index contributed by atoms with van der Waals surface area (Å²) in [4.78, 5) is 5.59. The Labute approximate surface area is 161 Å². The summed E-state index contributed by atoms with van der Waals surface area (Å²) >= 11 is 1.57. The second kappa shape index (κ2) is 9.56. The number of nitrogens with zero attached hydrogens (tertiary/aromatic N) is 2. The molecule has 0 spiro atoms. The van der Waals surface area contributed by atoms with Crippen molar-refractivity contribution in [2.24, 2.45) is 4.99 Å². The van der Waals surface area contributed by atoms with Crippen molar-refractivity contribution in [3.05, 3.63) is 64.8 Å². The SMILES string of the molecule is Br.CCOc1ccc(N=c2scc(-c3ccccc3)n2CCO)cc1. The van der Waals surface area contributed by atoms with Gasteiger partial charge in [-0.2, -0.15) is 0 Å². The number of hydrogen-bond donors (Lipinski definition) is 1. The summed E-state index contributed by atoms with van der Waals surface area (Å²) < 4.78 is 7.51. The van der Waals surface area contributed by atoms with E-state index in [1.54, 1.807) is 11.3 Å². The average Bonchev–Trinajstić information content (AvgIpc) is 3.01. The molecule has 1 N–H and O–H groups in total. The Kier molecular flexibility index (Phi) is 7.43. The summed E-state index contributed by atoms with van der Waals surface area (Å²) in [5.74, 6) is 0.843. The number of thiazole rings is 1. The van der Waals surface area contributed by atoms with Gasteiger partial charge in [-0.3, -0.25) is 0 Å². The van der Waals surface area contributed by atoms with Gasteiger partial charge in [-0.05, 0) is 36.8 Å². The lowest BCUT2D eigenvalue weighted by Gasteiger charge is -2.07. The van der Waals surface area contributed by atoms with Crippen LogP contribution in [0.25, 0.3) is 11.3 Å². The van der Waals surface area contributed by atoms with Gasteiger partial charge in [0.15, 0.2) is 4.80 Å². The molecule has 0 aliphatic heterocycles. The maximum absolute atomic E-state index is 9.42. The molecule has 1 aromatic heterocycles. The molecule has 132 valence electrons. The van der Waals surface area contributed by atoms with Crippen LogP contribution in [-0.4, -0.2) is 22.9 Å². The lowest BCUT2D eigenvalue weighted by molar-refractivity contribution is 0.275. The fraction of sp³-hybridized carbons (Fsp3) is 0.211. The van der Waals surface area contributed by atoms with E-state index in [1.807, 2.05) is 49.4 Å². The molecule has 1 heterocycles. The summed E-state index contributed by atoms with van der Waals surface area (Å²) in [6.45, 7) is 3.21. The molecule has 0 atom stereocenters. The first-order valence-corrected chi connectivity index (χ1v) is 8.82. The zero-order valence-corrected chi connectivity index (χ0v) is 16.5. The lowest BCUT2D eigenvalue weighted by atomic mass is 10.2. The number of halogens is 1. The van der Waals surface area contributed by atoms with E-state index in [0.717, 1.165) is 27.5 Å². The van der Waals surface area contributed by atoms with E-state index in [2.05, 4.69) is 22.1 Å². The topological polar surface area (TPSA) is 46.8 Å². The third-order valence-corrected chi connectivity index (χ3v) is 4.43. The molecular weight excluding hydrogens is 400 g/mol. The number of benzene rings is 2. The van der Waals surface area contributed by atoms with Crippen molar-refractivity contribution in [3.63, 3.8) is 0 Å². The van der Waals surface area contributed by atoms with Crippen molar-refractivity contribution in [3.8, 4) is 17.0 Å². The number of aliphatic hydroxyl groups is 1. The van der Waals surface area contributed by atoms with Crippen LogP contribution in [-0.2, 0) is 6.54 Å². The molecule has 4 nitrogen and oxygen atoms in total. The van der Waals surface area contributed by atoms with Crippen LogP contribution in [0.3, 0.4) is 0 Å². The van der Waals surface area contributed by atoms with E-state index in [-0.39, 0.29) is 23.6 Å². The summed E-state index contributed by atoms with van der Waals surface area (Å²) in [7, 11) is 0. The quantitative estimate of drug-likeness (QED) is 0.641. The van der Waals surface area contributed by atoms with Gasteiger partial charge in [-0.1, -0.05) is 30.3 Å². The Morgan fingerprint density at radius 2 is 1.80 bits per heavy atom. The third kappa shape index (κ3) is 4.81. The number of rotatable bonds is 6. The zero-order chi connectivity index (χ0) is 16.8. The highest BCUT2D eigenvalue weighted by Gasteiger charge is 2.07. The largest absolute Gasteiger partial charge is 0.494 e. The summed E-state index contributed by atoms with van der Waals surface area (Å²) in [6.07, 6.45) is 0. The van der Waals surface area contributed by atoms with Gasteiger partial charge < -0.3 is 14.4 Å². The molecule has 2 aromatic carbocycles. The number of aromatic nitrogens is 1. The maximum Gasteiger partial charge on any atom is 0.190 e. The zero-order valence-electron chi connectivity index (χ0n) is 14.0. The Bertz CT molecular complexity index is 842. The van der Waals surface area contributed by atoms with E-state index < -0.39 is 0 Å². The Balaban J connectivity index is 0.00000225. The Hall–Kier alpha value is -1.89. The third-order valence-electron chi connectivity index (χ3n) is 3.56. The van der Waals surface area contributed by atoms with E-state index in [1.165, 1.54) is 0 Å². The molecule has 0 bridgehead atoms. The van der Waals surface area contributed by atoms with Crippen molar-refractivity contribution in [2.75, 3.05) is 13.2 Å². The van der Waals surface area contributed by atoms with Gasteiger partial charge in [0.1, 0.15) is 5.75 Å². The normalized spacial score (nSPS) is 11.2. The molecule has 3 rings (SSSR count). The van der Waals surface area contributed by atoms with Gasteiger partial charge in [-0.15, -0.1) is 28.3 Å². The minimum atomic E-state index is 0. The van der Waals surface area contributed by atoms with Crippen molar-refractivity contribution in [1.82, 2.24) is 4.57 Å². The second-order valence-corrected chi connectivity index (χ2v) is 6.02. The molecule has 0 fully saturated rings. The highest BCUT2D eigenvalue weighted by Crippen LogP contribution is 2.21.